The van der Waals surface area contributed by atoms with Crippen molar-refractivity contribution in [1.82, 2.24) is 19.6 Å². The maximum atomic E-state index is 12.3. The van der Waals surface area contributed by atoms with Gasteiger partial charge in [-0.2, -0.15) is 0 Å². The zero-order chi connectivity index (χ0) is 22.5. The van der Waals surface area contributed by atoms with E-state index in [0.717, 1.165) is 29.9 Å². The molecule has 168 valence electrons. The molecule has 3 heterocycles. The summed E-state index contributed by atoms with van der Waals surface area (Å²) in [6.07, 6.45) is 6.53. The number of anilines is 1. The van der Waals surface area contributed by atoms with Crippen LogP contribution in [0, 0.1) is 0 Å². The molecule has 2 aromatic heterocycles. The van der Waals surface area contributed by atoms with Crippen LogP contribution in [-0.2, 0) is 16.1 Å². The number of ether oxygens (including phenoxy) is 1. The van der Waals surface area contributed by atoms with E-state index in [1.54, 1.807) is 6.20 Å². The average molecular weight is 436 g/mol. The van der Waals surface area contributed by atoms with E-state index >= 15 is 0 Å². The Bertz CT molecular complexity index is 1080. The van der Waals surface area contributed by atoms with E-state index in [4.69, 9.17) is 4.74 Å². The number of nitrogens with one attached hydrogen (secondary N) is 2. The molecule has 32 heavy (non-hydrogen) atoms. The number of likely N-dealkylation sites (tertiary alicyclic amines) is 1. The molecular weight excluding hydrogens is 406 g/mol. The van der Waals surface area contributed by atoms with Crippen LogP contribution in [-0.4, -0.2) is 52.0 Å². The van der Waals surface area contributed by atoms with Crippen LogP contribution in [0.5, 0.6) is 0 Å². The number of imidazole rings is 1. The molecule has 1 atom stereocenters. The van der Waals surface area contributed by atoms with Gasteiger partial charge in [0.05, 0.1) is 6.10 Å². The largest absolute Gasteiger partial charge is 0.369 e. The lowest BCUT2D eigenvalue weighted by Gasteiger charge is -2.18. The number of urea groups is 1. The van der Waals surface area contributed by atoms with Crippen LogP contribution in [0.2, 0.25) is 0 Å². The molecule has 0 spiro atoms. The number of nitrogens with zero attached hydrogens (tertiary/aromatic N) is 3. The highest BCUT2D eigenvalue weighted by atomic mass is 16.5. The second-order valence-electron chi connectivity index (χ2n) is 8.34. The van der Waals surface area contributed by atoms with Crippen molar-refractivity contribution in [2.45, 2.75) is 38.8 Å². The third-order valence-electron chi connectivity index (χ3n) is 5.64. The van der Waals surface area contributed by atoms with Gasteiger partial charge in [-0.15, -0.1) is 0 Å². The predicted octanol–water partition coefficient (Wildman–Crippen LogP) is 3.40. The quantitative estimate of drug-likeness (QED) is 0.595. The minimum atomic E-state index is -0.260. The van der Waals surface area contributed by atoms with Gasteiger partial charge >= 0.3 is 6.03 Å². The van der Waals surface area contributed by atoms with E-state index in [9.17, 15) is 9.59 Å². The van der Waals surface area contributed by atoms with Crippen molar-refractivity contribution in [2.75, 3.05) is 25.0 Å². The molecule has 1 fully saturated rings. The number of amides is 3. The Hall–Kier alpha value is -3.39. The lowest BCUT2D eigenvalue weighted by Crippen LogP contribution is -2.32. The molecule has 1 aliphatic rings. The van der Waals surface area contributed by atoms with Crippen LogP contribution in [0.3, 0.4) is 0 Å². The summed E-state index contributed by atoms with van der Waals surface area (Å²) in [5.41, 5.74) is 3.73. The lowest BCUT2D eigenvalue weighted by atomic mass is 9.98. The molecule has 3 aromatic rings. The Labute approximate surface area is 187 Å². The first kappa shape index (κ1) is 21.8. The molecule has 1 unspecified atom stereocenters. The number of carbonyl (C=O) groups excluding carboxylic acids is 2. The number of hydrogen-bond donors (Lipinski definition) is 2. The van der Waals surface area contributed by atoms with E-state index in [-0.39, 0.29) is 24.6 Å². The zero-order valence-corrected chi connectivity index (χ0v) is 18.5. The Balaban J connectivity index is 1.25. The van der Waals surface area contributed by atoms with E-state index in [2.05, 4.69) is 15.6 Å². The second kappa shape index (κ2) is 9.82. The van der Waals surface area contributed by atoms with Crippen molar-refractivity contribution < 1.29 is 14.3 Å². The fourth-order valence-corrected chi connectivity index (χ4v) is 3.85. The molecule has 1 saturated heterocycles. The van der Waals surface area contributed by atoms with Gasteiger partial charge in [-0.1, -0.05) is 12.1 Å². The molecule has 0 radical (unpaired) electrons. The van der Waals surface area contributed by atoms with Crippen LogP contribution >= 0.6 is 0 Å². The van der Waals surface area contributed by atoms with Gasteiger partial charge in [0, 0.05) is 49.8 Å². The minimum absolute atomic E-state index is 0.0445. The highest BCUT2D eigenvalue weighted by molar-refractivity contribution is 5.89. The Morgan fingerprint density at radius 3 is 2.78 bits per heavy atom. The molecule has 0 saturated carbocycles. The normalized spacial score (nSPS) is 16.0. The van der Waals surface area contributed by atoms with Gasteiger partial charge in [0.1, 0.15) is 12.3 Å². The van der Waals surface area contributed by atoms with Crippen LogP contribution in [0.15, 0.2) is 55.0 Å². The molecule has 2 N–H and O–H groups in total. The van der Waals surface area contributed by atoms with Crippen molar-refractivity contribution in [1.29, 1.82) is 0 Å². The molecule has 4 rings (SSSR count). The predicted molar refractivity (Wildman–Crippen MR) is 123 cm³/mol. The summed E-state index contributed by atoms with van der Waals surface area (Å²) in [4.78, 5) is 30.6. The second-order valence-corrected chi connectivity index (χ2v) is 8.34. The molecule has 1 aromatic carbocycles. The Kier molecular flexibility index (Phi) is 6.70. The van der Waals surface area contributed by atoms with Crippen LogP contribution < -0.4 is 10.6 Å². The van der Waals surface area contributed by atoms with Crippen molar-refractivity contribution in [3.05, 3.63) is 66.1 Å². The first-order chi connectivity index (χ1) is 15.5. The topological polar surface area (TPSA) is 88.0 Å². The van der Waals surface area contributed by atoms with Crippen molar-refractivity contribution in [3.63, 3.8) is 0 Å². The van der Waals surface area contributed by atoms with Gasteiger partial charge in [-0.3, -0.25) is 4.79 Å². The van der Waals surface area contributed by atoms with Gasteiger partial charge in [-0.05, 0) is 55.7 Å². The monoisotopic (exact) mass is 435 g/mol. The number of rotatable bonds is 7. The summed E-state index contributed by atoms with van der Waals surface area (Å²) in [6.45, 7) is 5.86. The average Bonchev–Trinajstić information content (AvgIpc) is 3.46. The Morgan fingerprint density at radius 1 is 1.19 bits per heavy atom. The SMILES string of the molecule is CC(C)OCC(=O)N1CCC(c2ccc(NC(=O)NCc3ccn4ccnc4c3)cc2)C1. The zero-order valence-electron chi connectivity index (χ0n) is 18.5. The first-order valence-corrected chi connectivity index (χ1v) is 10.9. The Morgan fingerprint density at radius 2 is 2.00 bits per heavy atom. The standard InChI is InChI=1S/C24H29N5O3/c1-17(2)32-16-23(30)29-11-8-20(15-29)19-3-5-21(6-4-19)27-24(31)26-14-18-7-10-28-12-9-25-22(28)13-18/h3-7,9-10,12-13,17,20H,8,11,14-16H2,1-2H3,(H2,26,27,31). The summed E-state index contributed by atoms with van der Waals surface area (Å²) in [5.74, 6) is 0.349. The fraction of sp³-hybridized carbons (Fsp3) is 0.375. The smallest absolute Gasteiger partial charge is 0.319 e. The summed E-state index contributed by atoms with van der Waals surface area (Å²) < 4.78 is 7.35. The van der Waals surface area contributed by atoms with Crippen molar-refractivity contribution >= 4 is 23.3 Å². The molecule has 8 nitrogen and oxygen atoms in total. The summed E-state index contributed by atoms with van der Waals surface area (Å²) in [5, 5.41) is 5.73. The number of carbonyl (C=O) groups is 2. The van der Waals surface area contributed by atoms with Gasteiger partial charge in [0.25, 0.3) is 0 Å². The summed E-state index contributed by atoms with van der Waals surface area (Å²) in [7, 11) is 0. The van der Waals surface area contributed by atoms with E-state index < -0.39 is 0 Å². The van der Waals surface area contributed by atoms with Gasteiger partial charge in [0.2, 0.25) is 5.91 Å². The summed E-state index contributed by atoms with van der Waals surface area (Å²) >= 11 is 0. The molecule has 0 aliphatic carbocycles. The molecule has 8 heteroatoms. The number of hydrogen-bond acceptors (Lipinski definition) is 4. The third kappa shape index (κ3) is 5.45. The van der Waals surface area contributed by atoms with Crippen LogP contribution in [0.1, 0.15) is 37.3 Å². The maximum Gasteiger partial charge on any atom is 0.319 e. The molecule has 0 bridgehead atoms. The molecule has 3 amide bonds. The van der Waals surface area contributed by atoms with Crippen LogP contribution in [0.25, 0.3) is 5.65 Å². The molecule has 1 aliphatic heterocycles. The number of aromatic nitrogens is 2. The van der Waals surface area contributed by atoms with E-state index in [0.29, 0.717) is 19.0 Å². The van der Waals surface area contributed by atoms with E-state index in [1.165, 1.54) is 5.56 Å². The van der Waals surface area contributed by atoms with Crippen molar-refractivity contribution in [2.24, 2.45) is 0 Å². The number of benzene rings is 1. The molecular formula is C24H29N5O3. The van der Waals surface area contributed by atoms with Gasteiger partial charge < -0.3 is 24.7 Å². The van der Waals surface area contributed by atoms with Crippen LogP contribution in [0.4, 0.5) is 10.5 Å². The number of fused-ring (bicyclic) bond motifs is 1. The third-order valence-corrected chi connectivity index (χ3v) is 5.64. The highest BCUT2D eigenvalue weighted by Gasteiger charge is 2.27. The van der Waals surface area contributed by atoms with Gasteiger partial charge in [0.15, 0.2) is 0 Å². The maximum absolute atomic E-state index is 12.3. The first-order valence-electron chi connectivity index (χ1n) is 10.9. The summed E-state index contributed by atoms with van der Waals surface area (Å²) in [6, 6.07) is 11.5. The highest BCUT2D eigenvalue weighted by Crippen LogP contribution is 2.28. The lowest BCUT2D eigenvalue weighted by molar-refractivity contribution is -0.136. The van der Waals surface area contributed by atoms with E-state index in [1.807, 2.05) is 71.9 Å². The number of pyridine rings is 1. The minimum Gasteiger partial charge on any atom is -0.369 e. The van der Waals surface area contributed by atoms with Crippen molar-refractivity contribution in [3.8, 4) is 0 Å². The fourth-order valence-electron chi connectivity index (χ4n) is 3.85. The van der Waals surface area contributed by atoms with Gasteiger partial charge in [-0.25, -0.2) is 9.78 Å².